The molecule has 0 aliphatic heterocycles. The lowest BCUT2D eigenvalue weighted by Crippen LogP contribution is -2.22. The van der Waals surface area contributed by atoms with Gasteiger partial charge in [0.2, 0.25) is 0 Å². The van der Waals surface area contributed by atoms with Crippen molar-refractivity contribution < 1.29 is 14.0 Å². The van der Waals surface area contributed by atoms with E-state index < -0.39 is 0 Å². The van der Waals surface area contributed by atoms with Gasteiger partial charge in [-0.25, -0.2) is 5.43 Å². The van der Waals surface area contributed by atoms with Crippen LogP contribution < -0.4 is 10.7 Å². The zero-order valence-electron chi connectivity index (χ0n) is 18.9. The molecule has 0 radical (unpaired) electrons. The van der Waals surface area contributed by atoms with Gasteiger partial charge in [-0.2, -0.15) is 5.10 Å². The molecule has 0 saturated heterocycles. The van der Waals surface area contributed by atoms with Crippen LogP contribution in [0.2, 0.25) is 5.02 Å². The summed E-state index contributed by atoms with van der Waals surface area (Å²) in [4.78, 5) is 25.4. The van der Waals surface area contributed by atoms with Crippen molar-refractivity contribution in [1.82, 2.24) is 5.43 Å². The topological polar surface area (TPSA) is 83.7 Å². The minimum Gasteiger partial charge on any atom is -0.455 e. The Morgan fingerprint density at radius 1 is 1.03 bits per heavy atom. The Morgan fingerprint density at radius 2 is 1.76 bits per heavy atom. The van der Waals surface area contributed by atoms with Crippen LogP contribution in [0.4, 0.5) is 5.69 Å². The summed E-state index contributed by atoms with van der Waals surface area (Å²) in [5.41, 5.74) is 7.06. The van der Waals surface area contributed by atoms with Crippen molar-refractivity contribution in [3.63, 3.8) is 0 Å². The number of halogens is 1. The maximum atomic E-state index is 12.9. The third-order valence-electron chi connectivity index (χ3n) is 5.78. The number of rotatable bonds is 5. The van der Waals surface area contributed by atoms with Gasteiger partial charge in [-0.3, -0.25) is 9.59 Å². The number of furan rings is 1. The van der Waals surface area contributed by atoms with Gasteiger partial charge < -0.3 is 9.73 Å². The molecule has 0 saturated carbocycles. The van der Waals surface area contributed by atoms with E-state index in [1.54, 1.807) is 24.3 Å². The number of hydrazone groups is 1. The van der Waals surface area contributed by atoms with Crippen LogP contribution in [-0.4, -0.2) is 17.5 Å². The monoisotopic (exact) mass is 463 g/mol. The Labute approximate surface area is 198 Å². The molecule has 2 N–H and O–H groups in total. The molecule has 1 aliphatic rings. The van der Waals surface area contributed by atoms with Crippen LogP contribution >= 0.6 is 11.6 Å². The van der Waals surface area contributed by atoms with Gasteiger partial charge in [0.05, 0.1) is 16.3 Å². The smallest absolute Gasteiger partial charge is 0.291 e. The summed E-state index contributed by atoms with van der Waals surface area (Å²) in [6.07, 6.45) is 2.20. The average Bonchev–Trinajstić information content (AvgIpc) is 3.15. The molecule has 4 rings (SSSR count). The number of fused-ring (bicyclic) bond motifs is 1. The van der Waals surface area contributed by atoms with E-state index in [0.717, 1.165) is 12.0 Å². The van der Waals surface area contributed by atoms with Crippen LogP contribution in [0.15, 0.2) is 58.0 Å². The van der Waals surface area contributed by atoms with E-state index in [-0.39, 0.29) is 17.6 Å². The second kappa shape index (κ2) is 9.63. The fraction of sp³-hybridized carbons (Fsp3) is 0.269. The number of hydrogen-bond donors (Lipinski definition) is 2. The number of nitrogens with zero attached hydrogens (tertiary/aromatic N) is 1. The molecular weight excluding hydrogens is 438 g/mol. The van der Waals surface area contributed by atoms with Crippen molar-refractivity contribution in [3.05, 3.63) is 87.3 Å². The number of carbonyl (C=O) groups is 2. The highest BCUT2D eigenvalue weighted by atomic mass is 35.5. The Bertz CT molecular complexity index is 1230. The van der Waals surface area contributed by atoms with Crippen molar-refractivity contribution in [3.8, 4) is 0 Å². The normalized spacial score (nSPS) is 14.3. The molecule has 1 aliphatic carbocycles. The quantitative estimate of drug-likeness (QED) is 0.449. The third kappa shape index (κ3) is 4.86. The van der Waals surface area contributed by atoms with Crippen LogP contribution in [0.3, 0.4) is 0 Å². The molecule has 7 heteroatoms. The molecule has 0 atom stereocenters. The molecule has 0 fully saturated rings. The molecule has 1 heterocycles. The van der Waals surface area contributed by atoms with Crippen molar-refractivity contribution >= 4 is 34.8 Å². The summed E-state index contributed by atoms with van der Waals surface area (Å²) in [6.45, 7) is 6.09. The summed E-state index contributed by atoms with van der Waals surface area (Å²) >= 11 is 6.11. The van der Waals surface area contributed by atoms with Crippen LogP contribution in [0.1, 0.15) is 76.0 Å². The standard InChI is InChI=1S/C26H26ClN3O3/c1-15(2)17-11-13-18(14-12-17)28-26(32)24-16(3)23-21(9-6-10-22(23)33-24)29-30-25(31)19-7-4-5-8-20(19)27/h4-5,7-8,11-15H,6,9-10H2,1-3H3,(H,28,32)(H,30,31)/b29-21+. The number of aryl methyl sites for hydroxylation is 1. The van der Waals surface area contributed by atoms with Gasteiger partial charge in [-0.05, 0) is 55.5 Å². The van der Waals surface area contributed by atoms with Gasteiger partial charge in [0.15, 0.2) is 5.76 Å². The maximum absolute atomic E-state index is 12.9. The van der Waals surface area contributed by atoms with Crippen LogP contribution in [0.25, 0.3) is 0 Å². The molecule has 170 valence electrons. The SMILES string of the molecule is Cc1c(C(=O)Nc2ccc(C(C)C)cc2)oc2c1/C(=N/NC(=O)c1ccccc1Cl)CCC2. The number of nitrogens with one attached hydrogen (secondary N) is 2. The van der Waals surface area contributed by atoms with E-state index in [4.69, 9.17) is 16.0 Å². The highest BCUT2D eigenvalue weighted by Crippen LogP contribution is 2.30. The summed E-state index contributed by atoms with van der Waals surface area (Å²) in [7, 11) is 0. The van der Waals surface area contributed by atoms with E-state index >= 15 is 0 Å². The largest absolute Gasteiger partial charge is 0.455 e. The van der Waals surface area contributed by atoms with Crippen LogP contribution in [-0.2, 0) is 6.42 Å². The minimum atomic E-state index is -0.385. The molecule has 33 heavy (non-hydrogen) atoms. The van der Waals surface area contributed by atoms with Gasteiger partial charge in [0.1, 0.15) is 5.76 Å². The van der Waals surface area contributed by atoms with E-state index in [1.807, 2.05) is 31.2 Å². The molecule has 2 aromatic carbocycles. The number of carbonyl (C=O) groups excluding carboxylic acids is 2. The van der Waals surface area contributed by atoms with Gasteiger partial charge >= 0.3 is 0 Å². The molecule has 0 bridgehead atoms. The first-order valence-corrected chi connectivity index (χ1v) is 11.4. The lowest BCUT2D eigenvalue weighted by Gasteiger charge is -2.13. The second-order valence-electron chi connectivity index (χ2n) is 8.42. The van der Waals surface area contributed by atoms with Gasteiger partial charge in [-0.1, -0.05) is 49.7 Å². The molecule has 6 nitrogen and oxygen atoms in total. The molecule has 0 unspecified atom stereocenters. The lowest BCUT2D eigenvalue weighted by atomic mass is 9.93. The fourth-order valence-corrected chi connectivity index (χ4v) is 4.18. The number of benzene rings is 2. The zero-order chi connectivity index (χ0) is 23.5. The predicted molar refractivity (Wildman–Crippen MR) is 130 cm³/mol. The summed E-state index contributed by atoms with van der Waals surface area (Å²) in [5.74, 6) is 0.706. The van der Waals surface area contributed by atoms with E-state index in [0.29, 0.717) is 52.1 Å². The first kappa shape index (κ1) is 22.8. The Hall–Kier alpha value is -3.38. The van der Waals surface area contributed by atoms with Crippen LogP contribution in [0.5, 0.6) is 0 Å². The Morgan fingerprint density at radius 3 is 2.45 bits per heavy atom. The van der Waals surface area contributed by atoms with E-state index in [2.05, 4.69) is 29.7 Å². The minimum absolute atomic E-state index is 0.264. The van der Waals surface area contributed by atoms with Gasteiger partial charge in [0.25, 0.3) is 11.8 Å². The highest BCUT2D eigenvalue weighted by molar-refractivity contribution is 6.33. The molecule has 1 aromatic heterocycles. The molecule has 2 amide bonds. The predicted octanol–water partition coefficient (Wildman–Crippen LogP) is 6.09. The van der Waals surface area contributed by atoms with E-state index in [1.165, 1.54) is 5.56 Å². The molecule has 3 aromatic rings. The summed E-state index contributed by atoms with van der Waals surface area (Å²) in [6, 6.07) is 14.6. The van der Waals surface area contributed by atoms with Crippen molar-refractivity contribution in [2.24, 2.45) is 5.10 Å². The van der Waals surface area contributed by atoms with Crippen molar-refractivity contribution in [2.75, 3.05) is 5.32 Å². The van der Waals surface area contributed by atoms with E-state index in [9.17, 15) is 9.59 Å². The third-order valence-corrected chi connectivity index (χ3v) is 6.11. The molecular formula is C26H26ClN3O3. The second-order valence-corrected chi connectivity index (χ2v) is 8.83. The Kier molecular flexibility index (Phi) is 6.65. The van der Waals surface area contributed by atoms with Crippen molar-refractivity contribution in [1.29, 1.82) is 0 Å². The van der Waals surface area contributed by atoms with Gasteiger partial charge in [0, 0.05) is 23.2 Å². The first-order valence-electron chi connectivity index (χ1n) is 11.0. The number of anilines is 1. The zero-order valence-corrected chi connectivity index (χ0v) is 19.6. The highest BCUT2D eigenvalue weighted by Gasteiger charge is 2.28. The molecule has 0 spiro atoms. The lowest BCUT2D eigenvalue weighted by molar-refractivity contribution is 0.0953. The fourth-order valence-electron chi connectivity index (χ4n) is 3.96. The number of amides is 2. The summed E-state index contributed by atoms with van der Waals surface area (Å²) < 4.78 is 5.95. The average molecular weight is 464 g/mol. The summed E-state index contributed by atoms with van der Waals surface area (Å²) in [5, 5.41) is 7.62. The number of hydrogen-bond acceptors (Lipinski definition) is 4. The van der Waals surface area contributed by atoms with Gasteiger partial charge in [-0.15, -0.1) is 0 Å². The first-order chi connectivity index (χ1) is 15.8. The van der Waals surface area contributed by atoms with Crippen LogP contribution in [0, 0.1) is 6.92 Å². The Balaban J connectivity index is 1.54. The van der Waals surface area contributed by atoms with Crippen molar-refractivity contribution in [2.45, 2.75) is 46.0 Å². The maximum Gasteiger partial charge on any atom is 0.291 e.